The first-order valence-electron chi connectivity index (χ1n) is 8.39. The van der Waals surface area contributed by atoms with Crippen molar-refractivity contribution >= 4 is 34.8 Å². The fraction of sp³-hybridized carbons (Fsp3) is 0.444. The first-order chi connectivity index (χ1) is 11.7. The molecule has 0 bridgehead atoms. The lowest BCUT2D eigenvalue weighted by Crippen LogP contribution is -2.28. The second kappa shape index (κ2) is 9.85. The number of piperidine rings is 1. The lowest BCUT2D eigenvalue weighted by atomic mass is 9.93. The molecule has 0 unspecified atom stereocenters. The molecule has 3 rings (SSSR count). The van der Waals surface area contributed by atoms with E-state index >= 15 is 0 Å². The number of hydrogen-bond acceptors (Lipinski definition) is 4. The Morgan fingerprint density at radius 3 is 2.84 bits per heavy atom. The largest absolute Gasteiger partial charge is 0.317 e. The van der Waals surface area contributed by atoms with Crippen LogP contribution in [0, 0.1) is 11.7 Å². The normalized spacial score (nSPS) is 14.8. The molecular weight excluding hydrogens is 361 g/mol. The Balaban J connectivity index is 0.00000225. The summed E-state index contributed by atoms with van der Waals surface area (Å²) in [7, 11) is 0. The number of benzene rings is 1. The summed E-state index contributed by atoms with van der Waals surface area (Å²) in [4.78, 5) is 17.2. The molecule has 136 valence electrons. The van der Waals surface area contributed by atoms with Crippen molar-refractivity contribution < 1.29 is 9.18 Å². The molecule has 1 aromatic heterocycles. The number of aromatic nitrogens is 1. The highest BCUT2D eigenvalue weighted by Gasteiger charge is 2.15. The van der Waals surface area contributed by atoms with E-state index in [0.717, 1.165) is 37.2 Å². The first kappa shape index (κ1) is 19.8. The van der Waals surface area contributed by atoms with E-state index in [1.807, 2.05) is 6.07 Å². The second-order valence-corrected chi connectivity index (χ2v) is 7.30. The Morgan fingerprint density at radius 1 is 1.32 bits per heavy atom. The van der Waals surface area contributed by atoms with Gasteiger partial charge in [0.1, 0.15) is 5.82 Å². The van der Waals surface area contributed by atoms with Crippen LogP contribution in [0.5, 0.6) is 0 Å². The van der Waals surface area contributed by atoms with E-state index in [2.05, 4.69) is 15.6 Å². The Kier molecular flexibility index (Phi) is 7.81. The molecule has 1 amide bonds. The van der Waals surface area contributed by atoms with Crippen LogP contribution >= 0.6 is 23.7 Å². The van der Waals surface area contributed by atoms with Crippen molar-refractivity contribution in [2.45, 2.75) is 32.1 Å². The van der Waals surface area contributed by atoms with Crippen LogP contribution in [0.25, 0.3) is 0 Å². The third-order valence-electron chi connectivity index (χ3n) is 4.36. The van der Waals surface area contributed by atoms with Gasteiger partial charge in [0.15, 0.2) is 5.13 Å². The lowest BCUT2D eigenvalue weighted by Gasteiger charge is -2.21. The summed E-state index contributed by atoms with van der Waals surface area (Å²) in [5.41, 5.74) is 0.643. The monoisotopic (exact) mass is 383 g/mol. The van der Waals surface area contributed by atoms with E-state index in [-0.39, 0.29) is 24.1 Å². The zero-order chi connectivity index (χ0) is 16.8. The molecule has 0 radical (unpaired) electrons. The molecule has 1 aliphatic heterocycles. The van der Waals surface area contributed by atoms with Gasteiger partial charge in [-0.25, -0.2) is 9.37 Å². The van der Waals surface area contributed by atoms with Crippen LogP contribution in [0.15, 0.2) is 30.5 Å². The minimum absolute atomic E-state index is 0. The molecule has 25 heavy (non-hydrogen) atoms. The molecule has 2 aromatic rings. The number of amides is 1. The van der Waals surface area contributed by atoms with Crippen molar-refractivity contribution in [2.24, 2.45) is 5.92 Å². The van der Waals surface area contributed by atoms with Crippen molar-refractivity contribution in [3.63, 3.8) is 0 Å². The standard InChI is InChI=1S/C18H22FN3OS.ClH/c19-16-4-2-1-3-14(16)11-15-12-21-18(24-15)22-17(23)6-5-13-7-9-20-10-8-13;/h1-4,12-13,20H,5-11H2,(H,21,22,23);1H. The average Bonchev–Trinajstić information content (AvgIpc) is 3.03. The summed E-state index contributed by atoms with van der Waals surface area (Å²) in [6.45, 7) is 2.11. The van der Waals surface area contributed by atoms with Gasteiger partial charge in [0.05, 0.1) is 0 Å². The van der Waals surface area contributed by atoms with E-state index in [9.17, 15) is 9.18 Å². The van der Waals surface area contributed by atoms with E-state index < -0.39 is 0 Å². The van der Waals surface area contributed by atoms with Crippen molar-refractivity contribution in [3.8, 4) is 0 Å². The molecule has 0 aliphatic carbocycles. The molecule has 7 heteroatoms. The Hall–Kier alpha value is -1.50. The summed E-state index contributed by atoms with van der Waals surface area (Å²) in [6, 6.07) is 6.73. The maximum absolute atomic E-state index is 13.7. The van der Waals surface area contributed by atoms with Crippen molar-refractivity contribution in [2.75, 3.05) is 18.4 Å². The Labute approximate surface area is 157 Å². The zero-order valence-electron chi connectivity index (χ0n) is 14.0. The fourth-order valence-electron chi connectivity index (χ4n) is 2.96. The number of nitrogens with zero attached hydrogens (tertiary/aromatic N) is 1. The summed E-state index contributed by atoms with van der Waals surface area (Å²) < 4.78 is 13.7. The summed E-state index contributed by atoms with van der Waals surface area (Å²) in [6.07, 6.45) is 5.97. The zero-order valence-corrected chi connectivity index (χ0v) is 15.6. The molecule has 1 saturated heterocycles. The number of carbonyl (C=O) groups excluding carboxylic acids is 1. The van der Waals surface area contributed by atoms with Gasteiger partial charge in [0.25, 0.3) is 0 Å². The highest BCUT2D eigenvalue weighted by Crippen LogP contribution is 2.23. The SMILES string of the molecule is Cl.O=C(CCC1CCNCC1)Nc1ncc(Cc2ccccc2F)s1. The van der Waals surface area contributed by atoms with Crippen LogP contribution in [-0.4, -0.2) is 24.0 Å². The quantitative estimate of drug-likeness (QED) is 0.792. The number of carbonyl (C=O) groups is 1. The van der Waals surface area contributed by atoms with Crippen molar-refractivity contribution in [1.29, 1.82) is 0 Å². The highest BCUT2D eigenvalue weighted by atomic mass is 35.5. The van der Waals surface area contributed by atoms with Gasteiger partial charge in [-0.15, -0.1) is 23.7 Å². The number of nitrogens with one attached hydrogen (secondary N) is 2. The van der Waals surface area contributed by atoms with Crippen molar-refractivity contribution in [3.05, 3.63) is 46.7 Å². The summed E-state index contributed by atoms with van der Waals surface area (Å²) >= 11 is 1.41. The maximum Gasteiger partial charge on any atom is 0.226 e. The van der Waals surface area contributed by atoms with Crippen LogP contribution in [0.1, 0.15) is 36.1 Å². The van der Waals surface area contributed by atoms with Crippen LogP contribution in [0.2, 0.25) is 0 Å². The number of rotatable bonds is 6. The van der Waals surface area contributed by atoms with E-state index in [1.165, 1.54) is 17.4 Å². The van der Waals surface area contributed by atoms with Gasteiger partial charge in [-0.3, -0.25) is 4.79 Å². The maximum atomic E-state index is 13.7. The summed E-state index contributed by atoms with van der Waals surface area (Å²) in [5, 5.41) is 6.79. The van der Waals surface area contributed by atoms with E-state index in [0.29, 0.717) is 29.5 Å². The molecular formula is C18H23ClFN3OS. The number of hydrogen-bond donors (Lipinski definition) is 2. The number of halogens is 2. The van der Waals surface area contributed by atoms with Crippen molar-refractivity contribution in [1.82, 2.24) is 10.3 Å². The molecule has 2 heterocycles. The third-order valence-corrected chi connectivity index (χ3v) is 5.27. The molecule has 2 N–H and O–H groups in total. The molecule has 0 saturated carbocycles. The van der Waals surface area contributed by atoms with E-state index in [1.54, 1.807) is 18.3 Å². The number of thiazole rings is 1. The van der Waals surface area contributed by atoms with Gasteiger partial charge in [-0.05, 0) is 49.9 Å². The van der Waals surface area contributed by atoms with Gasteiger partial charge in [0, 0.05) is 23.9 Å². The van der Waals surface area contributed by atoms with Crippen LogP contribution < -0.4 is 10.6 Å². The Morgan fingerprint density at radius 2 is 2.08 bits per heavy atom. The minimum Gasteiger partial charge on any atom is -0.317 e. The van der Waals surface area contributed by atoms with Gasteiger partial charge in [-0.1, -0.05) is 18.2 Å². The predicted molar refractivity (Wildman–Crippen MR) is 102 cm³/mol. The van der Waals surface area contributed by atoms with Crippen LogP contribution in [0.4, 0.5) is 9.52 Å². The second-order valence-electron chi connectivity index (χ2n) is 6.18. The first-order valence-corrected chi connectivity index (χ1v) is 9.21. The molecule has 1 fully saturated rings. The van der Waals surface area contributed by atoms with Gasteiger partial charge in [-0.2, -0.15) is 0 Å². The lowest BCUT2D eigenvalue weighted by molar-refractivity contribution is -0.116. The predicted octanol–water partition coefficient (Wildman–Crippen LogP) is 4.01. The fourth-order valence-corrected chi connectivity index (χ4v) is 3.82. The molecule has 0 atom stereocenters. The van der Waals surface area contributed by atoms with Gasteiger partial charge < -0.3 is 10.6 Å². The molecule has 1 aromatic carbocycles. The Bertz CT molecular complexity index is 688. The van der Waals surface area contributed by atoms with Crippen LogP contribution in [0.3, 0.4) is 0 Å². The number of anilines is 1. The highest BCUT2D eigenvalue weighted by molar-refractivity contribution is 7.15. The molecule has 1 aliphatic rings. The topological polar surface area (TPSA) is 54.0 Å². The molecule has 4 nitrogen and oxygen atoms in total. The third kappa shape index (κ3) is 6.06. The summed E-state index contributed by atoms with van der Waals surface area (Å²) in [5.74, 6) is 0.448. The van der Waals surface area contributed by atoms with Gasteiger partial charge in [0.2, 0.25) is 5.91 Å². The molecule has 0 spiro atoms. The average molecular weight is 384 g/mol. The van der Waals surface area contributed by atoms with Gasteiger partial charge >= 0.3 is 0 Å². The smallest absolute Gasteiger partial charge is 0.226 e. The minimum atomic E-state index is -0.210. The van der Waals surface area contributed by atoms with E-state index in [4.69, 9.17) is 0 Å². The van der Waals surface area contributed by atoms with Crippen LogP contribution in [-0.2, 0) is 11.2 Å².